The molecule has 1 N–H and O–H groups in total. The highest BCUT2D eigenvalue weighted by molar-refractivity contribution is 4.52. The Balaban J connectivity index is 3.09. The average molecular weight is 1590 g/mol. The maximum atomic E-state index is 8.62. The largest absolute Gasteiger partial charge is 0.394 e. The van der Waals surface area contributed by atoms with Crippen molar-refractivity contribution < 1.29 is 147 Å². The van der Waals surface area contributed by atoms with Gasteiger partial charge in [0.25, 0.3) is 0 Å². The van der Waals surface area contributed by atoms with E-state index in [-0.39, 0.29) is 6.61 Å². The molecule has 109 heavy (non-hydrogen) atoms. The van der Waals surface area contributed by atoms with Gasteiger partial charge in [0.1, 0.15) is 0 Å². The lowest BCUT2D eigenvalue weighted by Gasteiger charge is -2.09. The molecule has 0 aromatic rings. The Kier molecular flexibility index (Phi) is 106. The van der Waals surface area contributed by atoms with Gasteiger partial charge in [-0.05, 0) is 6.42 Å². The number of rotatable bonds is 106. The highest BCUT2D eigenvalue weighted by atomic mass is 16.6. The van der Waals surface area contributed by atoms with E-state index >= 15 is 0 Å². The highest BCUT2D eigenvalue weighted by Crippen LogP contribution is 2.14. The maximum absolute atomic E-state index is 8.62. The molecule has 0 spiro atoms. The van der Waals surface area contributed by atoms with Crippen molar-refractivity contribution in [1.29, 1.82) is 0 Å². The molecule has 0 radical (unpaired) electrons. The van der Waals surface area contributed by atoms with Crippen molar-refractivity contribution in [2.75, 3.05) is 403 Å². The highest BCUT2D eigenvalue weighted by Gasteiger charge is 2.04. The molecule has 0 amide bonds. The van der Waals surface area contributed by atoms with E-state index in [0.29, 0.717) is 390 Å². The second-order valence-electron chi connectivity index (χ2n) is 24.4. The molecule has 0 aliphatic carbocycles. The van der Waals surface area contributed by atoms with Crippen LogP contribution in [0.4, 0.5) is 0 Å². The van der Waals surface area contributed by atoms with Crippen LogP contribution in [0.5, 0.6) is 0 Å². The topological polar surface area (TPSA) is 297 Å². The molecule has 0 fully saturated rings. The number of aliphatic hydroxyl groups is 1. The van der Waals surface area contributed by atoms with Crippen LogP contribution in [0.15, 0.2) is 0 Å². The summed E-state index contributed by atoms with van der Waals surface area (Å²) in [5, 5.41) is 8.62. The molecule has 0 aliphatic rings. The van der Waals surface area contributed by atoms with Crippen molar-refractivity contribution in [1.82, 2.24) is 0 Å². The predicted octanol–water partition coefficient (Wildman–Crippen LogP) is 6.74. The summed E-state index contributed by atoms with van der Waals surface area (Å²) in [6, 6.07) is 0. The molecule has 0 bridgehead atoms. The van der Waals surface area contributed by atoms with Crippen LogP contribution in [0.3, 0.4) is 0 Å². The molecule has 0 aromatic heterocycles. The van der Waals surface area contributed by atoms with Crippen molar-refractivity contribution in [3.05, 3.63) is 0 Å². The Bertz CT molecular complexity index is 1410. The van der Waals surface area contributed by atoms with Crippen LogP contribution in [0.1, 0.15) is 110 Å². The molecule has 31 heteroatoms. The Morgan fingerprint density at radius 1 is 0.101 bits per heavy atom. The first-order valence-electron chi connectivity index (χ1n) is 41.3. The molecule has 0 aliphatic heterocycles. The van der Waals surface area contributed by atoms with Crippen LogP contribution in [-0.2, 0) is 142 Å². The number of ether oxygens (including phenoxy) is 30. The van der Waals surface area contributed by atoms with E-state index in [1.807, 2.05) is 0 Å². The number of hydrogen-bond donors (Lipinski definition) is 1. The summed E-state index contributed by atoms with van der Waals surface area (Å²) in [5.74, 6) is 0. The lowest BCUT2D eigenvalue weighted by atomic mass is 10.0. The van der Waals surface area contributed by atoms with E-state index in [0.717, 1.165) is 13.0 Å². The van der Waals surface area contributed by atoms with Gasteiger partial charge in [0.2, 0.25) is 0 Å². The zero-order valence-electron chi connectivity index (χ0n) is 68.1. The van der Waals surface area contributed by atoms with Crippen LogP contribution in [0.25, 0.3) is 0 Å². The van der Waals surface area contributed by atoms with Gasteiger partial charge >= 0.3 is 0 Å². The minimum atomic E-state index is 0.0167. The molecule has 656 valence electrons. The molecular weight excluding hydrogens is 1430 g/mol. The van der Waals surface area contributed by atoms with Crippen molar-refractivity contribution in [2.24, 2.45) is 0 Å². The summed E-state index contributed by atoms with van der Waals surface area (Å²) in [4.78, 5) is 0. The lowest BCUT2D eigenvalue weighted by Crippen LogP contribution is -2.16. The summed E-state index contributed by atoms with van der Waals surface area (Å²) in [6.45, 7) is 32.2. The Morgan fingerprint density at radius 2 is 0.183 bits per heavy atom. The van der Waals surface area contributed by atoms with Gasteiger partial charge in [-0.3, -0.25) is 0 Å². The van der Waals surface area contributed by atoms with Gasteiger partial charge in [0.05, 0.1) is 396 Å². The van der Waals surface area contributed by atoms with Crippen molar-refractivity contribution in [3.8, 4) is 0 Å². The summed E-state index contributed by atoms with van der Waals surface area (Å²) >= 11 is 0. The molecular formula is C78H158O31. The van der Waals surface area contributed by atoms with E-state index in [1.54, 1.807) is 0 Å². The average Bonchev–Trinajstić information content (AvgIpc) is 3.88. The van der Waals surface area contributed by atoms with Gasteiger partial charge in [0, 0.05) is 6.61 Å². The first-order valence-corrected chi connectivity index (χ1v) is 41.3. The fraction of sp³-hybridized carbons (Fsp3) is 1.00. The van der Waals surface area contributed by atoms with Gasteiger partial charge in [-0.25, -0.2) is 0 Å². The second-order valence-corrected chi connectivity index (χ2v) is 24.4. The monoisotopic (exact) mass is 1590 g/mol. The number of hydrogen-bond acceptors (Lipinski definition) is 31. The van der Waals surface area contributed by atoms with Crippen molar-refractivity contribution in [3.63, 3.8) is 0 Å². The summed E-state index contributed by atoms with van der Waals surface area (Å²) < 4.78 is 166. The standard InChI is InChI=1S/C78H158O31/c1-2-3-4-5-6-7-8-9-10-11-12-13-14-15-16-17-19-80-21-23-82-25-27-84-29-31-86-33-35-88-37-39-90-41-43-92-45-47-94-49-51-96-53-55-98-57-59-100-61-63-102-65-67-104-69-71-106-73-75-108-77-78-109-76-74-107-72-70-105-68-66-103-64-62-101-60-58-99-56-54-97-52-50-95-48-46-93-44-42-91-40-38-89-36-34-87-32-30-85-28-26-83-24-22-81-20-18-79/h79H,2-78H2,1H3. The van der Waals surface area contributed by atoms with Crippen molar-refractivity contribution in [2.45, 2.75) is 110 Å². The molecule has 31 nitrogen and oxygen atoms in total. The van der Waals surface area contributed by atoms with Crippen LogP contribution >= 0.6 is 0 Å². The molecule has 0 saturated heterocycles. The van der Waals surface area contributed by atoms with E-state index in [4.69, 9.17) is 147 Å². The quantitative estimate of drug-likeness (QED) is 0.0617. The van der Waals surface area contributed by atoms with Gasteiger partial charge < -0.3 is 147 Å². The van der Waals surface area contributed by atoms with E-state index in [2.05, 4.69) is 6.92 Å². The molecule has 0 atom stereocenters. The van der Waals surface area contributed by atoms with Crippen LogP contribution in [0.2, 0.25) is 0 Å². The SMILES string of the molecule is CCCCCCCCCCCCCCCCCCOCCOCCOCCOCCOCCOCCOCCOCCOCCOCCOCCOCCOCCOCCOCCOCCOCCOCCOCCOCCOCCOCCOCCOCCOCCOCCOCCOCCOCCOCCO. The van der Waals surface area contributed by atoms with Crippen LogP contribution < -0.4 is 0 Å². The minimum absolute atomic E-state index is 0.0167. The normalized spacial score (nSPS) is 11.8. The van der Waals surface area contributed by atoms with E-state index in [1.165, 1.54) is 96.3 Å². The second kappa shape index (κ2) is 107. The lowest BCUT2D eigenvalue weighted by molar-refractivity contribution is -0.0325. The Morgan fingerprint density at radius 3 is 0.284 bits per heavy atom. The molecule has 0 rings (SSSR count). The zero-order chi connectivity index (χ0) is 77.7. The van der Waals surface area contributed by atoms with E-state index < -0.39 is 0 Å². The Labute approximate surface area is 657 Å². The van der Waals surface area contributed by atoms with Crippen molar-refractivity contribution >= 4 is 0 Å². The van der Waals surface area contributed by atoms with Gasteiger partial charge in [0.15, 0.2) is 0 Å². The van der Waals surface area contributed by atoms with Crippen LogP contribution in [0, 0.1) is 0 Å². The Hall–Kier alpha value is -1.24. The van der Waals surface area contributed by atoms with Gasteiger partial charge in [-0.1, -0.05) is 103 Å². The van der Waals surface area contributed by atoms with E-state index in [9.17, 15) is 0 Å². The predicted molar refractivity (Wildman–Crippen MR) is 411 cm³/mol. The first-order chi connectivity index (χ1) is 54.4. The first kappa shape index (κ1) is 108. The summed E-state index contributed by atoms with van der Waals surface area (Å²) in [6.07, 6.45) is 22.1. The maximum Gasteiger partial charge on any atom is 0.0701 e. The molecule has 0 unspecified atom stereocenters. The fourth-order valence-electron chi connectivity index (χ4n) is 9.30. The number of unbranched alkanes of at least 4 members (excludes halogenated alkanes) is 15. The van der Waals surface area contributed by atoms with Crippen LogP contribution in [-0.4, -0.2) is 408 Å². The third kappa shape index (κ3) is 107. The molecule has 0 aromatic carbocycles. The summed E-state index contributed by atoms with van der Waals surface area (Å²) in [7, 11) is 0. The van der Waals surface area contributed by atoms with Gasteiger partial charge in [-0.2, -0.15) is 0 Å². The third-order valence-electron chi connectivity index (χ3n) is 15.2. The molecule has 0 saturated carbocycles. The number of aliphatic hydroxyl groups excluding tert-OH is 1. The summed E-state index contributed by atoms with van der Waals surface area (Å²) in [5.41, 5.74) is 0. The third-order valence-corrected chi connectivity index (χ3v) is 15.2. The zero-order valence-corrected chi connectivity index (χ0v) is 68.1. The molecule has 0 heterocycles. The fourth-order valence-corrected chi connectivity index (χ4v) is 9.30. The smallest absolute Gasteiger partial charge is 0.0701 e. The minimum Gasteiger partial charge on any atom is -0.394 e. The van der Waals surface area contributed by atoms with Gasteiger partial charge in [-0.15, -0.1) is 0 Å².